The lowest BCUT2D eigenvalue weighted by molar-refractivity contribution is -0.177. The van der Waals surface area contributed by atoms with Gasteiger partial charge in [-0.2, -0.15) is 18.2 Å². The average Bonchev–Trinajstić information content (AvgIpc) is 3.23. The summed E-state index contributed by atoms with van der Waals surface area (Å²) in [6, 6.07) is -2.13. The van der Waals surface area contributed by atoms with Gasteiger partial charge in [-0.15, -0.1) is 0 Å². The number of carbonyl (C=O) groups excluding carboxylic acids is 2. The van der Waals surface area contributed by atoms with Crippen molar-refractivity contribution in [1.29, 1.82) is 0 Å². The van der Waals surface area contributed by atoms with Gasteiger partial charge in [0.2, 0.25) is 11.9 Å². The standard InChI is InChI=1S/C16H19F3N6O5/c1-5(2)13(28)23-15-22-12-9(14(29)24-15)21-4-25(12)7-3-6(26)10(30-7)8(20)11(27)16(17,18)19/h4-8,10,26H,3,20H2,1-2H3,(H2,22,23,24,28,29)/t6?,7-,8?,10+/m1/s1. The smallest absolute Gasteiger partial charge is 0.390 e. The number of aromatic nitrogens is 4. The maximum Gasteiger partial charge on any atom is 0.451 e. The highest BCUT2D eigenvalue weighted by Crippen LogP contribution is 2.33. The number of aliphatic hydroxyl groups excluding tert-OH is 1. The number of carbonyl (C=O) groups is 2. The lowest BCUT2D eigenvalue weighted by Crippen LogP contribution is -2.51. The van der Waals surface area contributed by atoms with E-state index in [9.17, 15) is 32.7 Å². The van der Waals surface area contributed by atoms with E-state index in [2.05, 4.69) is 20.3 Å². The summed E-state index contributed by atoms with van der Waals surface area (Å²) in [5, 5.41) is 12.5. The number of ketones is 1. The monoisotopic (exact) mass is 432 g/mol. The van der Waals surface area contributed by atoms with Crippen molar-refractivity contribution in [3.05, 3.63) is 16.7 Å². The molecule has 2 aromatic rings. The third kappa shape index (κ3) is 4.06. The number of ether oxygens (including phenoxy) is 1. The Morgan fingerprint density at radius 2 is 2.10 bits per heavy atom. The minimum atomic E-state index is -5.18. The van der Waals surface area contributed by atoms with Gasteiger partial charge in [-0.1, -0.05) is 13.8 Å². The number of nitrogens with one attached hydrogen (secondary N) is 2. The number of fused-ring (bicyclic) bond motifs is 1. The number of halogens is 3. The highest BCUT2D eigenvalue weighted by molar-refractivity contribution is 5.91. The largest absolute Gasteiger partial charge is 0.451 e. The molecule has 1 saturated heterocycles. The van der Waals surface area contributed by atoms with Crippen molar-refractivity contribution in [2.75, 3.05) is 5.32 Å². The average molecular weight is 432 g/mol. The molecule has 11 nitrogen and oxygen atoms in total. The third-order valence-electron chi connectivity index (χ3n) is 4.58. The molecular weight excluding hydrogens is 413 g/mol. The number of hydrogen-bond acceptors (Lipinski definition) is 8. The number of imidazole rings is 1. The Bertz CT molecular complexity index is 1030. The molecule has 4 atom stereocenters. The van der Waals surface area contributed by atoms with Crippen molar-refractivity contribution in [3.63, 3.8) is 0 Å². The summed E-state index contributed by atoms with van der Waals surface area (Å²) in [6.45, 7) is 3.27. The van der Waals surface area contributed by atoms with Crippen LogP contribution in [0.5, 0.6) is 0 Å². The van der Waals surface area contributed by atoms with Crippen LogP contribution in [0, 0.1) is 5.92 Å². The summed E-state index contributed by atoms with van der Waals surface area (Å²) in [5.74, 6) is -3.19. The van der Waals surface area contributed by atoms with Gasteiger partial charge in [-0.05, 0) is 0 Å². The molecule has 3 heterocycles. The molecule has 1 aliphatic heterocycles. The molecule has 0 aromatic carbocycles. The Kier molecular flexibility index (Phi) is 5.66. The van der Waals surface area contributed by atoms with Crippen molar-refractivity contribution in [1.82, 2.24) is 19.5 Å². The first-order chi connectivity index (χ1) is 13.9. The lowest BCUT2D eigenvalue weighted by Gasteiger charge is -2.22. The van der Waals surface area contributed by atoms with Gasteiger partial charge >= 0.3 is 6.18 Å². The van der Waals surface area contributed by atoms with E-state index >= 15 is 0 Å². The van der Waals surface area contributed by atoms with Crippen LogP contribution in [0.4, 0.5) is 19.1 Å². The number of alkyl halides is 3. The zero-order valence-corrected chi connectivity index (χ0v) is 15.8. The lowest BCUT2D eigenvalue weighted by atomic mass is 10.0. The van der Waals surface area contributed by atoms with Crippen LogP contribution in [0.1, 0.15) is 26.5 Å². The van der Waals surface area contributed by atoms with Crippen molar-refractivity contribution in [2.45, 2.75) is 50.9 Å². The van der Waals surface area contributed by atoms with Crippen LogP contribution in [0.2, 0.25) is 0 Å². The number of rotatable bonds is 5. The number of nitrogens with zero attached hydrogens (tertiary/aromatic N) is 3. The van der Waals surface area contributed by atoms with Crippen LogP contribution in [0.25, 0.3) is 11.2 Å². The van der Waals surface area contributed by atoms with Gasteiger partial charge in [0.15, 0.2) is 11.2 Å². The quantitative estimate of drug-likeness (QED) is 0.505. The Morgan fingerprint density at radius 1 is 1.43 bits per heavy atom. The second-order valence-corrected chi connectivity index (χ2v) is 7.13. The summed E-state index contributed by atoms with van der Waals surface area (Å²) in [4.78, 5) is 45.8. The first kappa shape index (κ1) is 21.9. The molecule has 5 N–H and O–H groups in total. The molecule has 3 rings (SSSR count). The van der Waals surface area contributed by atoms with E-state index < -0.39 is 53.8 Å². The van der Waals surface area contributed by atoms with Crippen LogP contribution >= 0.6 is 0 Å². The minimum Gasteiger partial charge on any atom is -0.390 e. The highest BCUT2D eigenvalue weighted by atomic mass is 19.4. The molecule has 0 saturated carbocycles. The molecule has 30 heavy (non-hydrogen) atoms. The van der Waals surface area contributed by atoms with Crippen LogP contribution in [0.15, 0.2) is 11.1 Å². The van der Waals surface area contributed by atoms with Gasteiger partial charge in [0, 0.05) is 12.3 Å². The predicted molar refractivity (Wildman–Crippen MR) is 95.2 cm³/mol. The maximum atomic E-state index is 12.6. The van der Waals surface area contributed by atoms with Crippen molar-refractivity contribution >= 4 is 28.8 Å². The molecule has 1 amide bonds. The van der Waals surface area contributed by atoms with Crippen molar-refractivity contribution in [2.24, 2.45) is 11.7 Å². The van der Waals surface area contributed by atoms with Gasteiger partial charge in [0.1, 0.15) is 18.4 Å². The molecule has 2 aromatic heterocycles. The predicted octanol–water partition coefficient (Wildman–Crippen LogP) is -0.179. The molecule has 0 aliphatic carbocycles. The first-order valence-electron chi connectivity index (χ1n) is 8.88. The summed E-state index contributed by atoms with van der Waals surface area (Å²) in [5.41, 5.74) is 4.54. The summed E-state index contributed by atoms with van der Waals surface area (Å²) >= 11 is 0. The summed E-state index contributed by atoms with van der Waals surface area (Å²) in [6.07, 6.45) is -8.44. The van der Waals surface area contributed by atoms with Crippen LogP contribution in [-0.2, 0) is 14.3 Å². The van der Waals surface area contributed by atoms with Crippen LogP contribution in [-0.4, -0.2) is 60.7 Å². The van der Waals surface area contributed by atoms with E-state index in [1.165, 1.54) is 4.57 Å². The van der Waals surface area contributed by atoms with E-state index in [0.29, 0.717) is 0 Å². The van der Waals surface area contributed by atoms with Crippen molar-refractivity contribution < 1.29 is 32.6 Å². The zero-order valence-electron chi connectivity index (χ0n) is 15.8. The topological polar surface area (TPSA) is 165 Å². The van der Waals surface area contributed by atoms with Gasteiger partial charge in [0.05, 0.1) is 12.4 Å². The Balaban J connectivity index is 1.90. The zero-order chi connectivity index (χ0) is 22.4. The van der Waals surface area contributed by atoms with E-state index in [-0.39, 0.29) is 23.5 Å². The molecule has 14 heteroatoms. The van der Waals surface area contributed by atoms with Crippen LogP contribution in [0.3, 0.4) is 0 Å². The number of H-pyrrole nitrogens is 1. The SMILES string of the molecule is CC(C)C(=O)Nc1nc2c(ncn2[C@H]2CC(O)[C@@H](C(N)C(=O)C(F)(F)F)O2)c(=O)[nH]1. The Hall–Kier alpha value is -2.84. The van der Waals surface area contributed by atoms with Gasteiger partial charge in [-0.25, -0.2) is 4.98 Å². The van der Waals surface area contributed by atoms with E-state index in [0.717, 1.165) is 6.33 Å². The number of Topliss-reactive ketones (excluding diaryl/α,β-unsaturated/α-hetero) is 1. The van der Waals surface area contributed by atoms with E-state index in [1.807, 2.05) is 0 Å². The summed E-state index contributed by atoms with van der Waals surface area (Å²) in [7, 11) is 0. The first-order valence-corrected chi connectivity index (χ1v) is 8.88. The Morgan fingerprint density at radius 3 is 2.70 bits per heavy atom. The van der Waals surface area contributed by atoms with E-state index in [4.69, 9.17) is 10.5 Å². The van der Waals surface area contributed by atoms with E-state index in [1.54, 1.807) is 13.8 Å². The fraction of sp³-hybridized carbons (Fsp3) is 0.562. The van der Waals surface area contributed by atoms with Crippen molar-refractivity contribution in [3.8, 4) is 0 Å². The van der Waals surface area contributed by atoms with Crippen LogP contribution < -0.4 is 16.6 Å². The second-order valence-electron chi connectivity index (χ2n) is 7.13. The number of aliphatic hydroxyl groups is 1. The maximum absolute atomic E-state index is 12.6. The molecular formula is C16H19F3N6O5. The van der Waals surface area contributed by atoms with Gasteiger partial charge < -0.3 is 15.6 Å². The normalized spacial score (nSPS) is 23.1. The fourth-order valence-electron chi connectivity index (χ4n) is 2.97. The molecule has 0 radical (unpaired) electrons. The molecule has 0 bridgehead atoms. The van der Waals surface area contributed by atoms with Gasteiger partial charge in [0.25, 0.3) is 11.3 Å². The number of nitrogens with two attached hydrogens (primary N) is 1. The second kappa shape index (κ2) is 7.77. The number of aromatic amines is 1. The summed E-state index contributed by atoms with van der Waals surface area (Å²) < 4.78 is 44.5. The van der Waals surface area contributed by atoms with Gasteiger partial charge in [-0.3, -0.25) is 29.3 Å². The molecule has 1 fully saturated rings. The molecule has 0 spiro atoms. The Labute approximate surface area is 166 Å². The number of amides is 1. The number of hydrogen-bond donors (Lipinski definition) is 4. The molecule has 2 unspecified atom stereocenters. The minimum absolute atomic E-state index is 0.0358. The molecule has 1 aliphatic rings. The number of anilines is 1. The molecule has 164 valence electrons. The fourth-order valence-corrected chi connectivity index (χ4v) is 2.97. The third-order valence-corrected chi connectivity index (χ3v) is 4.58. The highest BCUT2D eigenvalue weighted by Gasteiger charge is 2.49.